The summed E-state index contributed by atoms with van der Waals surface area (Å²) in [4.78, 5) is 12.0. The summed E-state index contributed by atoms with van der Waals surface area (Å²) in [5.41, 5.74) is 1.46. The Morgan fingerprint density at radius 1 is 1.29 bits per heavy atom. The predicted molar refractivity (Wildman–Crippen MR) is 80.7 cm³/mol. The number of ether oxygens (including phenoxy) is 1. The van der Waals surface area contributed by atoms with Crippen molar-refractivity contribution in [3.8, 4) is 5.75 Å². The van der Waals surface area contributed by atoms with E-state index in [0.29, 0.717) is 23.2 Å². The molecule has 1 amide bonds. The van der Waals surface area contributed by atoms with Gasteiger partial charge in [-0.15, -0.1) is 12.4 Å². The van der Waals surface area contributed by atoms with Crippen molar-refractivity contribution in [1.29, 1.82) is 0 Å². The number of nitrogens with one attached hydrogen (secondary N) is 2. The van der Waals surface area contributed by atoms with Gasteiger partial charge in [0.2, 0.25) is 0 Å². The van der Waals surface area contributed by atoms with E-state index in [1.165, 1.54) is 0 Å². The van der Waals surface area contributed by atoms with Crippen LogP contribution in [0.1, 0.15) is 28.4 Å². The normalized spacial score (nSPS) is 11.8. The lowest BCUT2D eigenvalue weighted by Gasteiger charge is -2.14. The van der Waals surface area contributed by atoms with Crippen LogP contribution in [0, 0.1) is 13.8 Å². The van der Waals surface area contributed by atoms with Gasteiger partial charge in [0, 0.05) is 18.2 Å². The first-order valence-electron chi connectivity index (χ1n) is 6.36. The number of benzene rings is 1. The maximum Gasteiger partial charge on any atom is 0.387 e. The molecule has 0 aliphatic carbocycles. The molecule has 1 unspecified atom stereocenters. The average Bonchev–Trinajstić information content (AvgIpc) is 2.39. The number of amides is 1. The quantitative estimate of drug-likeness (QED) is 0.846. The van der Waals surface area contributed by atoms with Crippen molar-refractivity contribution in [2.45, 2.75) is 33.4 Å². The van der Waals surface area contributed by atoms with Gasteiger partial charge in [-0.3, -0.25) is 4.79 Å². The van der Waals surface area contributed by atoms with Crippen molar-refractivity contribution in [3.05, 3.63) is 28.8 Å². The van der Waals surface area contributed by atoms with Crippen molar-refractivity contribution in [2.24, 2.45) is 0 Å². The molecule has 0 heterocycles. The minimum atomic E-state index is -2.87. The van der Waals surface area contributed by atoms with Crippen LogP contribution < -0.4 is 15.4 Å². The average molecular weight is 323 g/mol. The van der Waals surface area contributed by atoms with E-state index in [0.717, 1.165) is 0 Å². The highest BCUT2D eigenvalue weighted by Gasteiger charge is 2.14. The molecule has 21 heavy (non-hydrogen) atoms. The van der Waals surface area contributed by atoms with Crippen LogP contribution in [0.3, 0.4) is 0 Å². The van der Waals surface area contributed by atoms with Crippen LogP contribution in [-0.2, 0) is 0 Å². The lowest BCUT2D eigenvalue weighted by Crippen LogP contribution is -2.37. The summed E-state index contributed by atoms with van der Waals surface area (Å²) in [6.07, 6.45) is 0. The monoisotopic (exact) mass is 322 g/mol. The lowest BCUT2D eigenvalue weighted by atomic mass is 10.1. The van der Waals surface area contributed by atoms with Gasteiger partial charge in [0.1, 0.15) is 5.75 Å². The zero-order valence-electron chi connectivity index (χ0n) is 12.5. The molecule has 1 aromatic rings. The number of likely N-dealkylation sites (N-methyl/N-ethyl adjacent to an activating group) is 1. The molecule has 2 N–H and O–H groups in total. The number of alkyl halides is 2. The van der Waals surface area contributed by atoms with Crippen molar-refractivity contribution in [1.82, 2.24) is 10.6 Å². The fourth-order valence-electron chi connectivity index (χ4n) is 1.81. The molecule has 0 aliphatic heterocycles. The molecule has 7 heteroatoms. The van der Waals surface area contributed by atoms with E-state index >= 15 is 0 Å². The van der Waals surface area contributed by atoms with Crippen LogP contribution in [0.2, 0.25) is 0 Å². The SMILES string of the molecule is CNC(C)CNC(=O)c1cc(C)c(OC(F)F)c(C)c1.Cl. The minimum Gasteiger partial charge on any atom is -0.434 e. The second kappa shape index (κ2) is 8.79. The van der Waals surface area contributed by atoms with Crippen LogP contribution >= 0.6 is 12.4 Å². The van der Waals surface area contributed by atoms with Crippen LogP contribution in [0.5, 0.6) is 5.75 Å². The topological polar surface area (TPSA) is 50.4 Å². The molecule has 0 aliphatic rings. The van der Waals surface area contributed by atoms with Crippen LogP contribution in [0.4, 0.5) is 8.78 Å². The molecule has 0 saturated heterocycles. The Hall–Kier alpha value is -1.40. The van der Waals surface area contributed by atoms with Gasteiger partial charge < -0.3 is 15.4 Å². The van der Waals surface area contributed by atoms with Gasteiger partial charge in [0.05, 0.1) is 0 Å². The van der Waals surface area contributed by atoms with Gasteiger partial charge in [-0.1, -0.05) is 0 Å². The number of hydrogen-bond donors (Lipinski definition) is 2. The Balaban J connectivity index is 0.00000400. The third-order valence-electron chi connectivity index (χ3n) is 2.99. The largest absolute Gasteiger partial charge is 0.434 e. The number of hydrogen-bond acceptors (Lipinski definition) is 3. The Bertz CT molecular complexity index is 461. The number of carbonyl (C=O) groups excluding carboxylic acids is 1. The van der Waals surface area contributed by atoms with Gasteiger partial charge >= 0.3 is 6.61 Å². The van der Waals surface area contributed by atoms with Crippen LogP contribution in [-0.4, -0.2) is 32.2 Å². The number of rotatable bonds is 6. The number of aryl methyl sites for hydroxylation is 2. The number of carbonyl (C=O) groups is 1. The molecule has 0 aromatic heterocycles. The van der Waals surface area contributed by atoms with E-state index in [9.17, 15) is 13.6 Å². The summed E-state index contributed by atoms with van der Waals surface area (Å²) in [6, 6.07) is 3.25. The second-order valence-electron chi connectivity index (χ2n) is 4.72. The Labute approximate surface area is 129 Å². The molecule has 0 bridgehead atoms. The third kappa shape index (κ3) is 5.85. The maximum absolute atomic E-state index is 12.3. The smallest absolute Gasteiger partial charge is 0.387 e. The lowest BCUT2D eigenvalue weighted by molar-refractivity contribution is -0.0507. The van der Waals surface area contributed by atoms with Gasteiger partial charge in [0.15, 0.2) is 0 Å². The summed E-state index contributed by atoms with van der Waals surface area (Å²) in [6.45, 7) is 2.83. The first-order chi connectivity index (χ1) is 9.35. The van der Waals surface area contributed by atoms with E-state index in [2.05, 4.69) is 15.4 Å². The Morgan fingerprint density at radius 3 is 2.24 bits per heavy atom. The summed E-state index contributed by atoms with van der Waals surface area (Å²) in [7, 11) is 1.81. The summed E-state index contributed by atoms with van der Waals surface area (Å²) in [5, 5.41) is 5.78. The molecule has 0 spiro atoms. The van der Waals surface area contributed by atoms with Crippen LogP contribution in [0.25, 0.3) is 0 Å². The first-order valence-corrected chi connectivity index (χ1v) is 6.36. The molecule has 1 atom stereocenters. The maximum atomic E-state index is 12.3. The summed E-state index contributed by atoms with van der Waals surface area (Å²) in [5.74, 6) is -0.109. The first kappa shape index (κ1) is 19.6. The molecule has 4 nitrogen and oxygen atoms in total. The Morgan fingerprint density at radius 2 is 1.81 bits per heavy atom. The summed E-state index contributed by atoms with van der Waals surface area (Å²) >= 11 is 0. The van der Waals surface area contributed by atoms with Gasteiger partial charge in [0.25, 0.3) is 5.91 Å². The van der Waals surface area contributed by atoms with Crippen molar-refractivity contribution < 1.29 is 18.3 Å². The highest BCUT2D eigenvalue weighted by atomic mass is 35.5. The molecule has 0 saturated carbocycles. The fourth-order valence-corrected chi connectivity index (χ4v) is 1.81. The van der Waals surface area contributed by atoms with E-state index in [1.807, 2.05) is 14.0 Å². The van der Waals surface area contributed by atoms with Crippen LogP contribution in [0.15, 0.2) is 12.1 Å². The standard InChI is InChI=1S/C14H20F2N2O2.ClH/c1-8-5-11(13(19)18-7-10(3)17-4)6-9(2)12(8)20-14(15)16;/h5-6,10,14,17H,7H2,1-4H3,(H,18,19);1H. The van der Waals surface area contributed by atoms with Gasteiger partial charge in [-0.2, -0.15) is 8.78 Å². The fraction of sp³-hybridized carbons (Fsp3) is 0.500. The van der Waals surface area contributed by atoms with Crippen molar-refractivity contribution in [2.75, 3.05) is 13.6 Å². The molecule has 120 valence electrons. The highest BCUT2D eigenvalue weighted by molar-refractivity contribution is 5.94. The van der Waals surface area contributed by atoms with Crippen molar-refractivity contribution in [3.63, 3.8) is 0 Å². The molecule has 0 radical (unpaired) electrons. The summed E-state index contributed by atoms with van der Waals surface area (Å²) < 4.78 is 29.0. The second-order valence-corrected chi connectivity index (χ2v) is 4.72. The number of halogens is 3. The molecular weight excluding hydrogens is 302 g/mol. The van der Waals surface area contributed by atoms with Gasteiger partial charge in [-0.25, -0.2) is 0 Å². The third-order valence-corrected chi connectivity index (χ3v) is 2.99. The molecular formula is C14H21ClF2N2O2. The Kier molecular flexibility index (Phi) is 8.21. The van der Waals surface area contributed by atoms with E-state index < -0.39 is 6.61 Å². The zero-order chi connectivity index (χ0) is 15.3. The highest BCUT2D eigenvalue weighted by Crippen LogP contribution is 2.26. The zero-order valence-corrected chi connectivity index (χ0v) is 13.3. The van der Waals surface area contributed by atoms with E-state index in [4.69, 9.17) is 0 Å². The van der Waals surface area contributed by atoms with Crippen molar-refractivity contribution >= 4 is 18.3 Å². The van der Waals surface area contributed by atoms with E-state index in [1.54, 1.807) is 26.0 Å². The minimum absolute atomic E-state index is 0. The van der Waals surface area contributed by atoms with Gasteiger partial charge in [-0.05, 0) is 51.1 Å². The molecule has 1 rings (SSSR count). The molecule has 1 aromatic carbocycles. The molecule has 0 fully saturated rings. The predicted octanol–water partition coefficient (Wildman–Crippen LogP) is 2.66. The van der Waals surface area contributed by atoms with E-state index in [-0.39, 0.29) is 30.1 Å².